The van der Waals surface area contributed by atoms with Crippen molar-refractivity contribution in [1.29, 1.82) is 0 Å². The molecule has 0 fully saturated rings. The number of ether oxygens (including phenoxy) is 1. The Kier molecular flexibility index (Phi) is 7.83. The molecule has 0 spiro atoms. The number of likely N-dealkylation sites (N-methyl/N-ethyl adjacent to an activating group) is 2. The van der Waals surface area contributed by atoms with Crippen molar-refractivity contribution in [2.24, 2.45) is 0 Å². The number of fused-ring (bicyclic) bond motifs is 1. The molecule has 3 rings (SSSR count). The first-order chi connectivity index (χ1) is 15.7. The van der Waals surface area contributed by atoms with E-state index >= 15 is 0 Å². The third-order valence-electron chi connectivity index (χ3n) is 5.26. The number of aryl methyl sites for hydroxylation is 2. The molecule has 3 aromatic rings. The van der Waals surface area contributed by atoms with Gasteiger partial charge in [-0.2, -0.15) is 0 Å². The van der Waals surface area contributed by atoms with Crippen LogP contribution in [0.25, 0.3) is 11.0 Å². The molecule has 0 bridgehead atoms. The molecule has 1 heterocycles. The second kappa shape index (κ2) is 10.6. The second-order valence-corrected chi connectivity index (χ2v) is 9.44. The summed E-state index contributed by atoms with van der Waals surface area (Å²) in [7, 11) is 3.35. The Morgan fingerprint density at radius 2 is 1.85 bits per heavy atom. The highest BCUT2D eigenvalue weighted by Crippen LogP contribution is 2.25. The third-order valence-corrected chi connectivity index (χ3v) is 6.95. The Hall–Kier alpha value is -3.24. The lowest BCUT2D eigenvalue weighted by Gasteiger charge is -2.20. The number of nitrogens with one attached hydrogen (secondary N) is 2. The average Bonchev–Trinajstić information content (AvgIpc) is 3.24. The number of methoxy groups -OCH3 is 1. The molecule has 1 atom stereocenters. The maximum atomic E-state index is 13.0. The number of rotatable bonds is 9. The van der Waals surface area contributed by atoms with Crippen molar-refractivity contribution in [3.63, 3.8) is 0 Å². The molecule has 0 aliphatic heterocycles. The highest BCUT2D eigenvalue weighted by Gasteiger charge is 2.20. The molecular formula is C23H29N5O4S. The summed E-state index contributed by atoms with van der Waals surface area (Å²) in [5, 5.41) is 2.62. The van der Waals surface area contributed by atoms with Gasteiger partial charge in [0.2, 0.25) is 11.8 Å². The van der Waals surface area contributed by atoms with Gasteiger partial charge in [-0.25, -0.2) is 13.5 Å². The summed E-state index contributed by atoms with van der Waals surface area (Å²) in [6.07, 6.45) is 1.63. The van der Waals surface area contributed by atoms with Crippen LogP contribution in [-0.2, 0) is 27.1 Å². The van der Waals surface area contributed by atoms with E-state index in [0.29, 0.717) is 17.2 Å². The standard InChI is InChI=1S/C23H29N5O4S/c1-15-8-18(32-5)9-16(2)23(15)33(31)28(4)13-21(29)24-11-22(30)27(3)12-17-6-7-19-20(10-17)26-14-25-19/h6-10,14H,11-13H2,1-5H3,(H,24,29)(H,25,26). The molecule has 0 saturated heterocycles. The Labute approximate surface area is 195 Å². The van der Waals surface area contributed by atoms with Crippen molar-refractivity contribution < 1.29 is 18.5 Å². The number of nitrogens with zero attached hydrogens (tertiary/aromatic N) is 3. The summed E-state index contributed by atoms with van der Waals surface area (Å²) in [4.78, 5) is 34.3. The molecule has 2 N–H and O–H groups in total. The third kappa shape index (κ3) is 5.96. The number of aromatic amines is 1. The summed E-state index contributed by atoms with van der Waals surface area (Å²) >= 11 is 0. The van der Waals surface area contributed by atoms with Gasteiger partial charge in [0.05, 0.1) is 42.5 Å². The molecule has 0 aliphatic carbocycles. The fraction of sp³-hybridized carbons (Fsp3) is 0.348. The van der Waals surface area contributed by atoms with Crippen LogP contribution in [0.15, 0.2) is 41.6 Å². The van der Waals surface area contributed by atoms with E-state index in [1.165, 1.54) is 4.31 Å². The first-order valence-corrected chi connectivity index (χ1v) is 11.5. The summed E-state index contributed by atoms with van der Waals surface area (Å²) in [6.45, 7) is 3.88. The first-order valence-electron chi connectivity index (χ1n) is 10.4. The Morgan fingerprint density at radius 3 is 2.52 bits per heavy atom. The van der Waals surface area contributed by atoms with Crippen LogP contribution in [-0.4, -0.2) is 69.5 Å². The molecule has 1 unspecified atom stereocenters. The van der Waals surface area contributed by atoms with Crippen LogP contribution < -0.4 is 10.1 Å². The van der Waals surface area contributed by atoms with Crippen LogP contribution >= 0.6 is 0 Å². The lowest BCUT2D eigenvalue weighted by Crippen LogP contribution is -2.42. The van der Waals surface area contributed by atoms with Gasteiger partial charge in [-0.3, -0.25) is 9.59 Å². The van der Waals surface area contributed by atoms with Gasteiger partial charge in [-0.15, -0.1) is 0 Å². The topological polar surface area (TPSA) is 108 Å². The molecule has 9 nitrogen and oxygen atoms in total. The molecule has 0 radical (unpaired) electrons. The number of hydrogen-bond acceptors (Lipinski definition) is 5. The minimum absolute atomic E-state index is 0.106. The van der Waals surface area contributed by atoms with E-state index in [-0.39, 0.29) is 24.9 Å². The lowest BCUT2D eigenvalue weighted by molar-refractivity contribution is -0.132. The van der Waals surface area contributed by atoms with Crippen molar-refractivity contribution in [2.75, 3.05) is 34.3 Å². The predicted octanol–water partition coefficient (Wildman–Crippen LogP) is 1.92. The number of hydrogen-bond donors (Lipinski definition) is 2. The maximum absolute atomic E-state index is 13.0. The van der Waals surface area contributed by atoms with Gasteiger partial charge >= 0.3 is 0 Å². The van der Waals surface area contributed by atoms with Gasteiger partial charge in [0.1, 0.15) is 16.7 Å². The van der Waals surface area contributed by atoms with Gasteiger partial charge in [-0.1, -0.05) is 6.07 Å². The molecule has 0 aliphatic rings. The van der Waals surface area contributed by atoms with Crippen molar-refractivity contribution in [2.45, 2.75) is 25.3 Å². The first kappa shape index (κ1) is 24.4. The van der Waals surface area contributed by atoms with Crippen molar-refractivity contribution in [3.8, 4) is 5.75 Å². The van der Waals surface area contributed by atoms with E-state index in [4.69, 9.17) is 4.74 Å². The van der Waals surface area contributed by atoms with E-state index in [9.17, 15) is 13.8 Å². The van der Waals surface area contributed by atoms with Gasteiger partial charge in [0, 0.05) is 20.6 Å². The zero-order valence-electron chi connectivity index (χ0n) is 19.5. The minimum Gasteiger partial charge on any atom is -0.497 e. The summed E-state index contributed by atoms with van der Waals surface area (Å²) in [5.74, 6) is 0.0900. The summed E-state index contributed by atoms with van der Waals surface area (Å²) in [5.41, 5.74) is 4.36. The van der Waals surface area contributed by atoms with E-state index in [2.05, 4.69) is 15.3 Å². The molecule has 2 aromatic carbocycles. The number of H-pyrrole nitrogens is 1. The fourth-order valence-corrected chi connectivity index (χ4v) is 4.74. The average molecular weight is 472 g/mol. The number of aromatic nitrogens is 2. The van der Waals surface area contributed by atoms with E-state index < -0.39 is 11.0 Å². The molecule has 1 aromatic heterocycles. The Balaban J connectivity index is 1.51. The van der Waals surface area contributed by atoms with Crippen LogP contribution in [0.4, 0.5) is 0 Å². The lowest BCUT2D eigenvalue weighted by atomic mass is 10.1. The predicted molar refractivity (Wildman–Crippen MR) is 127 cm³/mol. The highest BCUT2D eigenvalue weighted by atomic mass is 32.2. The fourth-order valence-electron chi connectivity index (χ4n) is 3.53. The van der Waals surface area contributed by atoms with Crippen LogP contribution in [0.3, 0.4) is 0 Å². The van der Waals surface area contributed by atoms with Crippen molar-refractivity contribution >= 4 is 33.8 Å². The van der Waals surface area contributed by atoms with Crippen LogP contribution in [0.1, 0.15) is 16.7 Å². The number of amides is 2. The van der Waals surface area contributed by atoms with Crippen molar-refractivity contribution in [3.05, 3.63) is 53.3 Å². The van der Waals surface area contributed by atoms with E-state index in [1.54, 1.807) is 32.4 Å². The van der Waals surface area contributed by atoms with Gasteiger partial charge < -0.3 is 19.9 Å². The number of carbonyl (C=O) groups excluding carboxylic acids is 2. The second-order valence-electron chi connectivity index (χ2n) is 7.91. The van der Waals surface area contributed by atoms with E-state index in [1.807, 2.05) is 44.2 Å². The zero-order chi connectivity index (χ0) is 24.1. The number of imidazole rings is 1. The molecule has 2 amide bonds. The number of carbonyl (C=O) groups is 2. The normalized spacial score (nSPS) is 12.1. The SMILES string of the molecule is COc1cc(C)c(S(=O)N(C)CC(=O)NCC(=O)N(C)Cc2ccc3nc[nH]c3c2)c(C)c1. The molecule has 176 valence electrons. The molecule has 33 heavy (non-hydrogen) atoms. The van der Waals surface area contributed by atoms with Crippen LogP contribution in [0.5, 0.6) is 5.75 Å². The summed E-state index contributed by atoms with van der Waals surface area (Å²) < 4.78 is 19.7. The van der Waals surface area contributed by atoms with Gasteiger partial charge in [0.25, 0.3) is 0 Å². The van der Waals surface area contributed by atoms with Crippen LogP contribution in [0, 0.1) is 13.8 Å². The molecule has 0 saturated carbocycles. The minimum atomic E-state index is -1.53. The Morgan fingerprint density at radius 1 is 1.15 bits per heavy atom. The zero-order valence-corrected chi connectivity index (χ0v) is 20.3. The van der Waals surface area contributed by atoms with Crippen molar-refractivity contribution in [1.82, 2.24) is 24.5 Å². The Bertz CT molecular complexity index is 1170. The quantitative estimate of drug-likeness (QED) is 0.496. The van der Waals surface area contributed by atoms with Gasteiger partial charge in [-0.05, 0) is 54.8 Å². The highest BCUT2D eigenvalue weighted by molar-refractivity contribution is 7.82. The smallest absolute Gasteiger partial charge is 0.242 e. The molecular weight excluding hydrogens is 442 g/mol. The monoisotopic (exact) mass is 471 g/mol. The summed E-state index contributed by atoms with van der Waals surface area (Å²) in [6, 6.07) is 9.37. The van der Waals surface area contributed by atoms with Crippen LogP contribution in [0.2, 0.25) is 0 Å². The number of benzene rings is 2. The largest absolute Gasteiger partial charge is 0.497 e. The van der Waals surface area contributed by atoms with E-state index in [0.717, 1.165) is 27.7 Å². The van der Waals surface area contributed by atoms with Gasteiger partial charge in [0.15, 0.2) is 0 Å². The molecule has 10 heteroatoms. The maximum Gasteiger partial charge on any atom is 0.242 e.